The smallest absolute Gasteiger partial charge is 0.302 e. The Morgan fingerprint density at radius 1 is 1.35 bits per heavy atom. The highest BCUT2D eigenvalue weighted by Gasteiger charge is 2.72. The Labute approximate surface area is 138 Å². The fourth-order valence-electron chi connectivity index (χ4n) is 4.28. The molecule has 1 saturated carbocycles. The van der Waals surface area contributed by atoms with Crippen LogP contribution < -0.4 is 0 Å². The first-order valence-corrected chi connectivity index (χ1v) is 8.47. The van der Waals surface area contributed by atoms with Gasteiger partial charge in [-0.15, -0.1) is 0 Å². The van der Waals surface area contributed by atoms with Gasteiger partial charge in [-0.3, -0.25) is 4.79 Å². The van der Waals surface area contributed by atoms with E-state index in [0.29, 0.717) is 0 Å². The molecular formula is C18H28O5. The van der Waals surface area contributed by atoms with Crippen LogP contribution in [0.2, 0.25) is 0 Å². The molecule has 0 aromatic heterocycles. The minimum atomic E-state index is -0.276. The molecular weight excluding hydrogens is 296 g/mol. The summed E-state index contributed by atoms with van der Waals surface area (Å²) in [5.41, 5.74) is 0.859. The maximum Gasteiger partial charge on any atom is 0.302 e. The molecule has 0 radical (unpaired) electrons. The van der Waals surface area contributed by atoms with Gasteiger partial charge in [0, 0.05) is 14.0 Å². The van der Waals surface area contributed by atoms with Crippen LogP contribution in [0.15, 0.2) is 11.6 Å². The van der Waals surface area contributed by atoms with E-state index in [0.717, 1.165) is 25.9 Å². The lowest BCUT2D eigenvalue weighted by Gasteiger charge is -2.42. The zero-order valence-electron chi connectivity index (χ0n) is 14.8. The Bertz CT molecular complexity index is 506. The second kappa shape index (κ2) is 5.87. The van der Waals surface area contributed by atoms with Gasteiger partial charge in [-0.2, -0.15) is 0 Å². The number of hydrogen-bond donors (Lipinski definition) is 0. The van der Waals surface area contributed by atoms with Crippen molar-refractivity contribution >= 4 is 5.97 Å². The van der Waals surface area contributed by atoms with Crippen molar-refractivity contribution in [1.29, 1.82) is 0 Å². The van der Waals surface area contributed by atoms with E-state index in [4.69, 9.17) is 18.9 Å². The highest BCUT2D eigenvalue weighted by atomic mass is 16.6. The second-order valence-electron chi connectivity index (χ2n) is 7.53. The van der Waals surface area contributed by atoms with Crippen LogP contribution in [0.5, 0.6) is 0 Å². The maximum atomic E-state index is 11.4. The number of methoxy groups -OCH3 is 1. The molecule has 6 atom stereocenters. The Morgan fingerprint density at radius 3 is 2.57 bits per heavy atom. The molecule has 0 amide bonds. The molecule has 0 aromatic rings. The molecule has 3 fully saturated rings. The summed E-state index contributed by atoms with van der Waals surface area (Å²) in [6.45, 7) is 8.54. The first-order chi connectivity index (χ1) is 10.8. The molecule has 5 heteroatoms. The van der Waals surface area contributed by atoms with Crippen LogP contribution in [0.4, 0.5) is 0 Å². The van der Waals surface area contributed by atoms with Crippen molar-refractivity contribution in [2.45, 2.75) is 76.5 Å². The first-order valence-electron chi connectivity index (χ1n) is 8.47. The molecule has 3 rings (SSSR count). The summed E-state index contributed by atoms with van der Waals surface area (Å²) in [4.78, 5) is 11.4. The minimum absolute atomic E-state index is 0.0914. The molecule has 5 nitrogen and oxygen atoms in total. The molecule has 0 N–H and O–H groups in total. The third kappa shape index (κ3) is 3.06. The molecule has 1 aliphatic carbocycles. The highest BCUT2D eigenvalue weighted by molar-refractivity contribution is 5.66. The van der Waals surface area contributed by atoms with Gasteiger partial charge in [-0.25, -0.2) is 0 Å². The van der Waals surface area contributed by atoms with Crippen molar-refractivity contribution in [3.05, 3.63) is 11.6 Å². The summed E-state index contributed by atoms with van der Waals surface area (Å²) in [5, 5.41) is 0. The van der Waals surface area contributed by atoms with E-state index in [1.807, 2.05) is 0 Å². The number of allylic oxidation sites excluding steroid dienone is 1. The lowest BCUT2D eigenvalue weighted by atomic mass is 9.68. The molecule has 130 valence electrons. The van der Waals surface area contributed by atoms with Crippen LogP contribution in [0, 0.1) is 5.92 Å². The summed E-state index contributed by atoms with van der Waals surface area (Å²) in [5.74, 6) is -0.167. The summed E-state index contributed by atoms with van der Waals surface area (Å²) >= 11 is 0. The van der Waals surface area contributed by atoms with E-state index in [1.54, 1.807) is 7.11 Å². The van der Waals surface area contributed by atoms with E-state index in [-0.39, 0.29) is 41.4 Å². The zero-order chi connectivity index (χ0) is 16.8. The van der Waals surface area contributed by atoms with Crippen LogP contribution in [-0.2, 0) is 23.7 Å². The summed E-state index contributed by atoms with van der Waals surface area (Å²) in [6, 6.07) is 0. The number of epoxide rings is 2. The van der Waals surface area contributed by atoms with Crippen molar-refractivity contribution in [1.82, 2.24) is 0 Å². The van der Waals surface area contributed by atoms with Crippen molar-refractivity contribution in [3.8, 4) is 0 Å². The van der Waals surface area contributed by atoms with Gasteiger partial charge in [0.25, 0.3) is 0 Å². The Balaban J connectivity index is 1.79. The first kappa shape index (κ1) is 16.9. The van der Waals surface area contributed by atoms with Crippen molar-refractivity contribution in [2.24, 2.45) is 5.92 Å². The monoisotopic (exact) mass is 324 g/mol. The number of carbonyl (C=O) groups is 1. The SMILES string of the molecule is CO[C@H]1C([C@]2(C)OC2CC=C(C)C)[C@]2(CC[C@H]1OC(C)=O)CO2. The van der Waals surface area contributed by atoms with Gasteiger partial charge in [0.2, 0.25) is 0 Å². The molecule has 2 unspecified atom stereocenters. The van der Waals surface area contributed by atoms with E-state index in [1.165, 1.54) is 12.5 Å². The van der Waals surface area contributed by atoms with Crippen LogP contribution in [-0.4, -0.2) is 49.2 Å². The fraction of sp³-hybridized carbons (Fsp3) is 0.833. The Morgan fingerprint density at radius 2 is 2.04 bits per heavy atom. The zero-order valence-corrected chi connectivity index (χ0v) is 14.8. The average molecular weight is 324 g/mol. The second-order valence-corrected chi connectivity index (χ2v) is 7.53. The van der Waals surface area contributed by atoms with Gasteiger partial charge in [-0.05, 0) is 40.0 Å². The fourth-order valence-corrected chi connectivity index (χ4v) is 4.28. The number of ether oxygens (including phenoxy) is 4. The molecule has 23 heavy (non-hydrogen) atoms. The van der Waals surface area contributed by atoms with E-state index < -0.39 is 0 Å². The maximum absolute atomic E-state index is 11.4. The van der Waals surface area contributed by atoms with Crippen molar-refractivity contribution in [2.75, 3.05) is 13.7 Å². The van der Waals surface area contributed by atoms with Gasteiger partial charge >= 0.3 is 5.97 Å². The predicted molar refractivity (Wildman–Crippen MR) is 85.1 cm³/mol. The molecule has 2 saturated heterocycles. The lowest BCUT2D eigenvalue weighted by molar-refractivity contribution is -0.169. The third-order valence-corrected chi connectivity index (χ3v) is 5.55. The number of carbonyl (C=O) groups excluding carboxylic acids is 1. The normalized spacial score (nSPS) is 44.7. The van der Waals surface area contributed by atoms with E-state index in [9.17, 15) is 4.79 Å². The van der Waals surface area contributed by atoms with Crippen LogP contribution in [0.1, 0.15) is 47.0 Å². The quantitative estimate of drug-likeness (QED) is 0.442. The largest absolute Gasteiger partial charge is 0.460 e. The Kier molecular flexibility index (Phi) is 4.32. The van der Waals surface area contributed by atoms with Gasteiger partial charge in [0.05, 0.1) is 18.6 Å². The Hall–Kier alpha value is -0.910. The van der Waals surface area contributed by atoms with Crippen molar-refractivity contribution in [3.63, 3.8) is 0 Å². The topological polar surface area (TPSA) is 60.6 Å². The summed E-state index contributed by atoms with van der Waals surface area (Å²) < 4.78 is 23.3. The minimum Gasteiger partial charge on any atom is -0.460 e. The summed E-state index contributed by atoms with van der Waals surface area (Å²) in [7, 11) is 1.69. The summed E-state index contributed by atoms with van der Waals surface area (Å²) in [6.07, 6.45) is 4.56. The average Bonchev–Trinajstić information content (AvgIpc) is 3.37. The van der Waals surface area contributed by atoms with E-state index in [2.05, 4.69) is 26.8 Å². The van der Waals surface area contributed by atoms with E-state index >= 15 is 0 Å². The lowest BCUT2D eigenvalue weighted by Crippen LogP contribution is -2.55. The van der Waals surface area contributed by atoms with Gasteiger partial charge in [0.15, 0.2) is 0 Å². The van der Waals surface area contributed by atoms with Crippen molar-refractivity contribution < 1.29 is 23.7 Å². The molecule has 0 aromatic carbocycles. The number of hydrogen-bond acceptors (Lipinski definition) is 5. The molecule has 2 aliphatic heterocycles. The molecule has 1 spiro atoms. The molecule has 2 heterocycles. The van der Waals surface area contributed by atoms with Crippen LogP contribution in [0.25, 0.3) is 0 Å². The molecule has 0 bridgehead atoms. The number of rotatable bonds is 5. The molecule has 3 aliphatic rings. The standard InChI is InChI=1S/C18H28O5/c1-11(2)6-7-14-17(4,23-14)16-15(20-5)13(22-12(3)19)8-9-18(16)10-21-18/h6,13-16H,7-10H2,1-5H3/t13-,14?,15-,16?,17-,18+/m1/s1. The van der Waals surface area contributed by atoms with Crippen LogP contribution in [0.3, 0.4) is 0 Å². The highest BCUT2D eigenvalue weighted by Crippen LogP contribution is 2.59. The van der Waals surface area contributed by atoms with Gasteiger partial charge < -0.3 is 18.9 Å². The number of esters is 1. The van der Waals surface area contributed by atoms with Gasteiger partial charge in [0.1, 0.15) is 23.4 Å². The predicted octanol–water partition coefficient (Wildman–Crippen LogP) is 2.63. The van der Waals surface area contributed by atoms with Gasteiger partial charge in [-0.1, -0.05) is 11.6 Å². The third-order valence-electron chi connectivity index (χ3n) is 5.55. The van der Waals surface area contributed by atoms with Crippen LogP contribution >= 0.6 is 0 Å².